The van der Waals surface area contributed by atoms with Gasteiger partial charge in [-0.3, -0.25) is 4.79 Å². The molecule has 0 bridgehead atoms. The third kappa shape index (κ3) is 7.86. The Morgan fingerprint density at radius 2 is 1.56 bits per heavy atom. The highest BCUT2D eigenvalue weighted by Crippen LogP contribution is 2.34. The Bertz CT molecular complexity index is 1630. The molecule has 1 atom stereocenters. The Balaban J connectivity index is 1.73. The molecule has 0 aliphatic rings. The number of ether oxygens (including phenoxy) is 3. The van der Waals surface area contributed by atoms with Crippen LogP contribution in [0.5, 0.6) is 11.5 Å². The number of methoxy groups -OCH3 is 1. The number of carbonyl (C=O) groups excluding carboxylic acids is 1. The normalized spacial score (nSPS) is 12.7. The van der Waals surface area contributed by atoms with E-state index in [9.17, 15) is 41.0 Å². The van der Waals surface area contributed by atoms with E-state index in [1.54, 1.807) is 54.0 Å². The standard InChI is InChI=1S/C30H25F6NO6/c1-17-26(27(38)20-6-8-21(41-2)9-7-20)23-11-10-22(43-30(34,35)36)14-24(23)37(17)15-19-5-3-4-18(12-19)13-25(28(39)40)42-16-29(31,32)33/h3-12,14,25H,13,15-16H2,1-2H3,(H,39,40). The Hall–Kier alpha value is -4.52. The smallest absolute Gasteiger partial charge is 0.497 e. The zero-order valence-electron chi connectivity index (χ0n) is 22.8. The first-order valence-electron chi connectivity index (χ1n) is 12.7. The molecule has 13 heteroatoms. The second-order valence-corrected chi connectivity index (χ2v) is 9.61. The summed E-state index contributed by atoms with van der Waals surface area (Å²) in [4.78, 5) is 25.1. The number of rotatable bonds is 11. The number of alkyl halides is 6. The molecule has 0 amide bonds. The van der Waals surface area contributed by atoms with Crippen LogP contribution in [0.1, 0.15) is 32.7 Å². The van der Waals surface area contributed by atoms with Crippen molar-refractivity contribution < 1.29 is 55.2 Å². The van der Waals surface area contributed by atoms with Crippen LogP contribution in [0.25, 0.3) is 10.9 Å². The Morgan fingerprint density at radius 3 is 2.16 bits per heavy atom. The molecule has 0 aliphatic heterocycles. The highest BCUT2D eigenvalue weighted by Gasteiger charge is 2.33. The minimum absolute atomic E-state index is 0.0304. The lowest BCUT2D eigenvalue weighted by Crippen LogP contribution is -2.31. The van der Waals surface area contributed by atoms with Crippen molar-refractivity contribution in [3.63, 3.8) is 0 Å². The van der Waals surface area contributed by atoms with Crippen molar-refractivity contribution in [3.05, 3.63) is 94.7 Å². The fraction of sp³-hybridized carbons (Fsp3) is 0.267. The topological polar surface area (TPSA) is 87.0 Å². The van der Waals surface area contributed by atoms with E-state index >= 15 is 0 Å². The minimum Gasteiger partial charge on any atom is -0.497 e. The molecule has 0 aliphatic carbocycles. The third-order valence-electron chi connectivity index (χ3n) is 6.59. The highest BCUT2D eigenvalue weighted by atomic mass is 19.4. The van der Waals surface area contributed by atoms with E-state index in [-0.39, 0.29) is 29.8 Å². The van der Waals surface area contributed by atoms with Gasteiger partial charge < -0.3 is 23.9 Å². The monoisotopic (exact) mass is 609 g/mol. The molecule has 1 heterocycles. The molecule has 4 aromatic rings. The van der Waals surface area contributed by atoms with Crippen molar-refractivity contribution in [1.29, 1.82) is 0 Å². The van der Waals surface area contributed by atoms with Crippen LogP contribution in [0.15, 0.2) is 66.7 Å². The van der Waals surface area contributed by atoms with Gasteiger partial charge in [-0.2, -0.15) is 13.2 Å². The van der Waals surface area contributed by atoms with Gasteiger partial charge in [0.15, 0.2) is 11.9 Å². The van der Waals surface area contributed by atoms with E-state index in [2.05, 4.69) is 9.47 Å². The molecule has 228 valence electrons. The molecule has 0 saturated carbocycles. The molecule has 0 radical (unpaired) electrons. The maximum atomic E-state index is 13.6. The average molecular weight is 610 g/mol. The maximum absolute atomic E-state index is 13.6. The Morgan fingerprint density at radius 1 is 0.907 bits per heavy atom. The Labute approximate surface area is 241 Å². The molecule has 0 spiro atoms. The number of nitrogens with zero attached hydrogens (tertiary/aromatic N) is 1. The summed E-state index contributed by atoms with van der Waals surface area (Å²) in [6, 6.07) is 16.3. The van der Waals surface area contributed by atoms with Crippen molar-refractivity contribution in [2.45, 2.75) is 38.5 Å². The van der Waals surface area contributed by atoms with E-state index in [0.717, 1.165) is 12.1 Å². The van der Waals surface area contributed by atoms with Crippen molar-refractivity contribution in [3.8, 4) is 11.5 Å². The number of hydrogen-bond donors (Lipinski definition) is 1. The second-order valence-electron chi connectivity index (χ2n) is 9.61. The fourth-order valence-electron chi connectivity index (χ4n) is 4.70. The highest BCUT2D eigenvalue weighted by molar-refractivity contribution is 6.17. The molecular weight excluding hydrogens is 584 g/mol. The van der Waals surface area contributed by atoms with Gasteiger partial charge in [0.1, 0.15) is 18.1 Å². The summed E-state index contributed by atoms with van der Waals surface area (Å²) in [7, 11) is 1.47. The first-order valence-corrected chi connectivity index (χ1v) is 12.7. The number of carbonyl (C=O) groups is 2. The summed E-state index contributed by atoms with van der Waals surface area (Å²) in [6.07, 6.45) is -11.8. The van der Waals surface area contributed by atoms with Gasteiger partial charge in [-0.05, 0) is 54.4 Å². The number of hydrogen-bond acceptors (Lipinski definition) is 5. The summed E-state index contributed by atoms with van der Waals surface area (Å²) in [6.45, 7) is -0.0649. The lowest BCUT2D eigenvalue weighted by atomic mass is 10.0. The van der Waals surface area contributed by atoms with Crippen LogP contribution in [-0.2, 0) is 22.5 Å². The van der Waals surface area contributed by atoms with Crippen molar-refractivity contribution in [1.82, 2.24) is 4.57 Å². The second kappa shape index (κ2) is 12.4. The van der Waals surface area contributed by atoms with Crippen LogP contribution in [-0.4, -0.2) is 53.8 Å². The number of aromatic nitrogens is 1. The van der Waals surface area contributed by atoms with Crippen LogP contribution in [0, 0.1) is 6.92 Å². The molecule has 43 heavy (non-hydrogen) atoms. The van der Waals surface area contributed by atoms with Crippen LogP contribution in [0.2, 0.25) is 0 Å². The number of aliphatic carboxylic acids is 1. The number of carboxylic acid groups (broad SMARTS) is 1. The van der Waals surface area contributed by atoms with Crippen molar-refractivity contribution >= 4 is 22.7 Å². The third-order valence-corrected chi connectivity index (χ3v) is 6.59. The molecular formula is C30H25F6NO6. The lowest BCUT2D eigenvalue weighted by Gasteiger charge is -2.16. The van der Waals surface area contributed by atoms with Crippen LogP contribution in [0.4, 0.5) is 26.3 Å². The van der Waals surface area contributed by atoms with Gasteiger partial charge in [-0.1, -0.05) is 24.3 Å². The molecule has 3 aromatic carbocycles. The predicted octanol–water partition coefficient (Wildman–Crippen LogP) is 6.71. The summed E-state index contributed by atoms with van der Waals surface area (Å²) in [5.74, 6) is -1.92. The van der Waals surface area contributed by atoms with E-state index < -0.39 is 37.0 Å². The van der Waals surface area contributed by atoms with E-state index in [1.165, 1.54) is 19.2 Å². The summed E-state index contributed by atoms with van der Waals surface area (Å²) < 4.78 is 92.2. The largest absolute Gasteiger partial charge is 0.573 e. The van der Waals surface area contributed by atoms with Gasteiger partial charge in [0.25, 0.3) is 0 Å². The summed E-state index contributed by atoms with van der Waals surface area (Å²) in [5, 5.41) is 9.72. The molecule has 1 unspecified atom stereocenters. The average Bonchev–Trinajstić information content (AvgIpc) is 3.19. The number of benzene rings is 3. The van der Waals surface area contributed by atoms with Gasteiger partial charge in [0, 0.05) is 35.7 Å². The maximum Gasteiger partial charge on any atom is 0.573 e. The SMILES string of the molecule is COc1ccc(C(=O)c2c(C)n(Cc3cccc(CC(OCC(F)(F)F)C(=O)O)c3)c3cc(OC(F)(F)F)ccc23)cc1. The Kier molecular flexibility index (Phi) is 9.04. The van der Waals surface area contributed by atoms with Gasteiger partial charge in [-0.25, -0.2) is 4.79 Å². The van der Waals surface area contributed by atoms with Crippen molar-refractivity contribution in [2.24, 2.45) is 0 Å². The lowest BCUT2D eigenvalue weighted by molar-refractivity contribution is -0.274. The fourth-order valence-corrected chi connectivity index (χ4v) is 4.70. The zero-order chi connectivity index (χ0) is 31.5. The summed E-state index contributed by atoms with van der Waals surface area (Å²) in [5.41, 5.74) is 2.17. The van der Waals surface area contributed by atoms with Crippen molar-refractivity contribution in [2.75, 3.05) is 13.7 Å². The van der Waals surface area contributed by atoms with Gasteiger partial charge in [0.2, 0.25) is 0 Å². The number of halogens is 6. The van der Waals surface area contributed by atoms with E-state index in [1.807, 2.05) is 0 Å². The molecule has 0 fully saturated rings. The molecule has 4 rings (SSSR count). The molecule has 7 nitrogen and oxygen atoms in total. The summed E-state index contributed by atoms with van der Waals surface area (Å²) >= 11 is 0. The van der Waals surface area contributed by atoms with Crippen LogP contribution < -0.4 is 9.47 Å². The zero-order valence-corrected chi connectivity index (χ0v) is 22.8. The number of fused-ring (bicyclic) bond motifs is 1. The van der Waals surface area contributed by atoms with Crippen LogP contribution in [0.3, 0.4) is 0 Å². The van der Waals surface area contributed by atoms with Gasteiger partial charge in [0.05, 0.1) is 18.2 Å². The quantitative estimate of drug-likeness (QED) is 0.150. The van der Waals surface area contributed by atoms with E-state index in [0.29, 0.717) is 33.5 Å². The van der Waals surface area contributed by atoms with Crippen LogP contribution >= 0.6 is 0 Å². The molecule has 1 N–H and O–H groups in total. The predicted molar refractivity (Wildman–Crippen MR) is 142 cm³/mol. The first kappa shape index (κ1) is 31.4. The molecule has 0 saturated heterocycles. The number of carboxylic acids is 1. The molecule has 1 aromatic heterocycles. The van der Waals surface area contributed by atoms with E-state index in [4.69, 9.17) is 4.74 Å². The first-order chi connectivity index (χ1) is 20.1. The minimum atomic E-state index is -4.95. The van der Waals surface area contributed by atoms with Gasteiger partial charge >= 0.3 is 18.5 Å². The number of ketones is 1. The van der Waals surface area contributed by atoms with Gasteiger partial charge in [-0.15, -0.1) is 13.2 Å².